The van der Waals surface area contributed by atoms with E-state index in [1.165, 1.54) is 10.8 Å². The van der Waals surface area contributed by atoms with Crippen molar-refractivity contribution in [1.29, 1.82) is 0 Å². The van der Waals surface area contributed by atoms with Crippen LogP contribution in [0, 0.1) is 11.6 Å². The predicted molar refractivity (Wildman–Crippen MR) is 58.5 cm³/mol. The fraction of sp³-hybridized carbons (Fsp3) is 0.200. The summed E-state index contributed by atoms with van der Waals surface area (Å²) in [6.45, 7) is 1.88. The molecule has 0 saturated heterocycles. The number of nitrogen functional groups attached to an aromatic ring is 1. The van der Waals surface area contributed by atoms with Crippen LogP contribution in [0.2, 0.25) is 0 Å². The topological polar surface area (TPSA) is 68.8 Å². The summed E-state index contributed by atoms with van der Waals surface area (Å²) in [5, 5.41) is 0. The van der Waals surface area contributed by atoms with Gasteiger partial charge in [0.1, 0.15) is 5.82 Å². The molecular weight excluding hydrogens is 228 g/mol. The van der Waals surface area contributed by atoms with Crippen LogP contribution in [0.1, 0.15) is 12.7 Å². The summed E-state index contributed by atoms with van der Waals surface area (Å²) in [6, 6.07) is 0.733. The zero-order valence-electron chi connectivity index (χ0n) is 9.11. The van der Waals surface area contributed by atoms with E-state index in [1.54, 1.807) is 6.20 Å². The lowest BCUT2D eigenvalue weighted by Crippen LogP contribution is -2.14. The Morgan fingerprint density at radius 3 is 2.82 bits per heavy atom. The van der Waals surface area contributed by atoms with Gasteiger partial charge in [0.2, 0.25) is 0 Å². The molecule has 3 N–H and O–H groups in total. The lowest BCUT2D eigenvalue weighted by Gasteiger charge is -2.09. The number of imidazole rings is 1. The first-order chi connectivity index (χ1) is 8.17. The Hall–Kier alpha value is -2.02. The first kappa shape index (κ1) is 11.5. The number of pyridine rings is 1. The fourth-order valence-electron chi connectivity index (χ4n) is 1.52. The predicted octanol–water partition coefficient (Wildman–Crippen LogP) is 1.39. The maximum atomic E-state index is 13.6. The number of hydrogen-bond donors (Lipinski definition) is 2. The number of aromatic nitrogens is 3. The van der Waals surface area contributed by atoms with E-state index in [4.69, 9.17) is 5.84 Å². The van der Waals surface area contributed by atoms with Gasteiger partial charge in [0, 0.05) is 24.9 Å². The smallest absolute Gasteiger partial charge is 0.178 e. The monoisotopic (exact) mass is 239 g/mol. The van der Waals surface area contributed by atoms with Gasteiger partial charge >= 0.3 is 0 Å². The molecule has 0 aliphatic heterocycles. The Morgan fingerprint density at radius 1 is 1.41 bits per heavy atom. The van der Waals surface area contributed by atoms with E-state index in [-0.39, 0.29) is 11.6 Å². The third-order valence-corrected chi connectivity index (χ3v) is 2.31. The summed E-state index contributed by atoms with van der Waals surface area (Å²) in [5.74, 6) is 3.87. The Balaban J connectivity index is 2.59. The van der Waals surface area contributed by atoms with Gasteiger partial charge in [-0.15, -0.1) is 0 Å². The molecule has 5 nitrogen and oxygen atoms in total. The summed E-state index contributed by atoms with van der Waals surface area (Å²) in [7, 11) is 0. The number of aryl methyl sites for hydroxylation is 1. The highest BCUT2D eigenvalue weighted by atomic mass is 19.1. The van der Waals surface area contributed by atoms with Gasteiger partial charge in [-0.3, -0.25) is 4.57 Å². The quantitative estimate of drug-likeness (QED) is 0.627. The highest BCUT2D eigenvalue weighted by Gasteiger charge is 2.14. The van der Waals surface area contributed by atoms with Crippen molar-refractivity contribution in [3.63, 3.8) is 0 Å². The third-order valence-electron chi connectivity index (χ3n) is 2.31. The van der Waals surface area contributed by atoms with E-state index in [2.05, 4.69) is 15.4 Å². The molecule has 7 heteroatoms. The number of nitrogens with zero attached hydrogens (tertiary/aromatic N) is 3. The molecular formula is C10H11F2N5. The van der Waals surface area contributed by atoms with Crippen LogP contribution in [0.4, 0.5) is 14.6 Å². The average Bonchev–Trinajstić information content (AvgIpc) is 2.77. The summed E-state index contributed by atoms with van der Waals surface area (Å²) >= 11 is 0. The second-order valence-corrected chi connectivity index (χ2v) is 3.34. The highest BCUT2D eigenvalue weighted by Crippen LogP contribution is 2.18. The molecule has 2 heterocycles. The number of hydrogen-bond acceptors (Lipinski definition) is 4. The third kappa shape index (κ3) is 1.96. The minimum atomic E-state index is -0.841. The van der Waals surface area contributed by atoms with Crippen LogP contribution in [-0.4, -0.2) is 14.5 Å². The Morgan fingerprint density at radius 2 is 2.18 bits per heavy atom. The Bertz CT molecular complexity index is 537. The summed E-state index contributed by atoms with van der Waals surface area (Å²) in [5.41, 5.74) is 2.08. The molecule has 0 atom stereocenters. The van der Waals surface area contributed by atoms with E-state index < -0.39 is 11.6 Å². The van der Waals surface area contributed by atoms with Crippen LogP contribution in [0.3, 0.4) is 0 Å². The standard InChI is InChI=1S/C10H11F2N5/c1-2-8-14-3-4-17(8)10-7(12)5-6(11)9(15-10)16-13/h3-5H,2,13H2,1H3,(H,15,16). The van der Waals surface area contributed by atoms with Crippen LogP contribution in [0.25, 0.3) is 5.82 Å². The summed E-state index contributed by atoms with van der Waals surface area (Å²) in [4.78, 5) is 7.82. The lowest BCUT2D eigenvalue weighted by atomic mass is 10.3. The van der Waals surface area contributed by atoms with Gasteiger partial charge in [-0.05, 0) is 0 Å². The summed E-state index contributed by atoms with van der Waals surface area (Å²) in [6.07, 6.45) is 3.69. The number of rotatable bonds is 3. The van der Waals surface area contributed by atoms with Crippen LogP contribution in [-0.2, 0) is 6.42 Å². The van der Waals surface area contributed by atoms with Crippen molar-refractivity contribution >= 4 is 5.82 Å². The van der Waals surface area contributed by atoms with Gasteiger partial charge in [-0.1, -0.05) is 6.92 Å². The van der Waals surface area contributed by atoms with E-state index in [1.807, 2.05) is 6.92 Å². The first-order valence-electron chi connectivity index (χ1n) is 5.02. The number of anilines is 1. The van der Waals surface area contributed by atoms with Crippen molar-refractivity contribution in [3.05, 3.63) is 35.9 Å². The van der Waals surface area contributed by atoms with Gasteiger partial charge in [0.25, 0.3) is 0 Å². The molecule has 0 amide bonds. The molecule has 0 fully saturated rings. The molecule has 0 radical (unpaired) electrons. The zero-order valence-corrected chi connectivity index (χ0v) is 9.11. The molecule has 0 aromatic carbocycles. The van der Waals surface area contributed by atoms with Gasteiger partial charge in [0.05, 0.1) is 0 Å². The summed E-state index contributed by atoms with van der Waals surface area (Å²) < 4.78 is 28.3. The minimum absolute atomic E-state index is 0.0336. The fourth-order valence-corrected chi connectivity index (χ4v) is 1.52. The molecule has 0 aliphatic carbocycles. The van der Waals surface area contributed by atoms with Crippen molar-refractivity contribution in [2.24, 2.45) is 5.84 Å². The molecule has 2 rings (SSSR count). The maximum Gasteiger partial charge on any atom is 0.178 e. The van der Waals surface area contributed by atoms with Crippen molar-refractivity contribution in [2.45, 2.75) is 13.3 Å². The molecule has 2 aromatic rings. The molecule has 0 unspecified atom stereocenters. The van der Waals surface area contributed by atoms with Gasteiger partial charge < -0.3 is 5.43 Å². The molecule has 17 heavy (non-hydrogen) atoms. The Labute approximate surface area is 96.3 Å². The second kappa shape index (κ2) is 4.46. The number of nitrogens with one attached hydrogen (secondary N) is 1. The molecule has 0 bridgehead atoms. The molecule has 0 spiro atoms. The maximum absolute atomic E-state index is 13.6. The SMILES string of the molecule is CCc1nccn1-c1nc(NN)c(F)cc1F. The highest BCUT2D eigenvalue weighted by molar-refractivity contribution is 5.41. The Kier molecular flexibility index (Phi) is 3.01. The van der Waals surface area contributed by atoms with E-state index in [0.717, 1.165) is 6.07 Å². The van der Waals surface area contributed by atoms with Gasteiger partial charge in [-0.25, -0.2) is 24.6 Å². The molecule has 90 valence electrons. The van der Waals surface area contributed by atoms with Crippen LogP contribution in [0.15, 0.2) is 18.5 Å². The average molecular weight is 239 g/mol. The van der Waals surface area contributed by atoms with E-state index in [0.29, 0.717) is 12.2 Å². The van der Waals surface area contributed by atoms with Crippen molar-refractivity contribution in [2.75, 3.05) is 5.43 Å². The number of nitrogens with two attached hydrogens (primary N) is 1. The lowest BCUT2D eigenvalue weighted by molar-refractivity contribution is 0.566. The second-order valence-electron chi connectivity index (χ2n) is 3.34. The largest absolute Gasteiger partial charge is 0.306 e. The number of halogens is 2. The van der Waals surface area contributed by atoms with Crippen molar-refractivity contribution < 1.29 is 8.78 Å². The van der Waals surface area contributed by atoms with E-state index >= 15 is 0 Å². The van der Waals surface area contributed by atoms with Crippen molar-refractivity contribution in [3.8, 4) is 5.82 Å². The van der Waals surface area contributed by atoms with E-state index in [9.17, 15) is 8.78 Å². The molecule has 0 saturated carbocycles. The van der Waals surface area contributed by atoms with Crippen LogP contribution < -0.4 is 11.3 Å². The van der Waals surface area contributed by atoms with Gasteiger partial charge in [-0.2, -0.15) is 0 Å². The van der Waals surface area contributed by atoms with Gasteiger partial charge in [0.15, 0.2) is 23.3 Å². The molecule has 0 aliphatic rings. The normalized spacial score (nSPS) is 10.6. The zero-order chi connectivity index (χ0) is 12.4. The minimum Gasteiger partial charge on any atom is -0.306 e. The van der Waals surface area contributed by atoms with Crippen LogP contribution >= 0.6 is 0 Å². The van der Waals surface area contributed by atoms with Crippen LogP contribution in [0.5, 0.6) is 0 Å². The number of hydrazine groups is 1. The molecule has 2 aromatic heterocycles. The van der Waals surface area contributed by atoms with Crippen molar-refractivity contribution in [1.82, 2.24) is 14.5 Å². The first-order valence-corrected chi connectivity index (χ1v) is 5.02.